The molecule has 2 aromatic heterocycles. The molecule has 2 heterocycles. The van der Waals surface area contributed by atoms with Crippen LogP contribution in [0.25, 0.3) is 16.7 Å². The number of esters is 1. The lowest BCUT2D eigenvalue weighted by Gasteiger charge is -2.06. The van der Waals surface area contributed by atoms with Gasteiger partial charge in [-0.25, -0.2) is 9.78 Å². The minimum atomic E-state index is -0.296. The molecule has 0 aliphatic heterocycles. The van der Waals surface area contributed by atoms with Crippen LogP contribution in [-0.2, 0) is 4.74 Å². The van der Waals surface area contributed by atoms with E-state index in [1.165, 1.54) is 0 Å². The fraction of sp³-hybridized carbons (Fsp3) is 0.125. The van der Waals surface area contributed by atoms with Crippen molar-refractivity contribution in [2.75, 3.05) is 6.61 Å². The molecule has 0 spiro atoms. The van der Waals surface area contributed by atoms with Gasteiger partial charge in [-0.3, -0.25) is 0 Å². The Bertz CT molecular complexity index is 794. The van der Waals surface area contributed by atoms with Gasteiger partial charge in [0.2, 0.25) is 0 Å². The molecule has 1 aromatic carbocycles. The van der Waals surface area contributed by atoms with Gasteiger partial charge in [-0.05, 0) is 37.3 Å². The van der Waals surface area contributed by atoms with Crippen molar-refractivity contribution in [2.45, 2.75) is 6.92 Å². The van der Waals surface area contributed by atoms with Crippen LogP contribution in [0.4, 0.5) is 0 Å². The number of nitrogens with zero attached hydrogens (tertiary/aromatic N) is 2. The van der Waals surface area contributed by atoms with Crippen molar-refractivity contribution in [2.24, 2.45) is 0 Å². The molecule has 0 amide bonds. The van der Waals surface area contributed by atoms with Gasteiger partial charge in [0.25, 0.3) is 0 Å². The number of benzene rings is 1. The highest BCUT2D eigenvalue weighted by molar-refractivity contribution is 6.32. The first-order valence-corrected chi connectivity index (χ1v) is 6.90. The van der Waals surface area contributed by atoms with Gasteiger partial charge in [0.1, 0.15) is 13.5 Å². The van der Waals surface area contributed by atoms with Gasteiger partial charge < -0.3 is 9.30 Å². The standard InChI is InChI=1S/C16H15BN2O2/c1-2-21-16(20)11-3-5-14(6-4-11)19-8-7-12-9-13(17)10-18-15(12)19/h3-10H,2,17H2,1H3. The zero-order valence-corrected chi connectivity index (χ0v) is 12.0. The number of pyridine rings is 1. The Morgan fingerprint density at radius 3 is 2.76 bits per heavy atom. The van der Waals surface area contributed by atoms with Crippen molar-refractivity contribution in [3.8, 4) is 5.69 Å². The Kier molecular flexibility index (Phi) is 3.48. The molecule has 0 aliphatic carbocycles. The molecule has 3 aromatic rings. The summed E-state index contributed by atoms with van der Waals surface area (Å²) in [6, 6.07) is 11.5. The van der Waals surface area contributed by atoms with Crippen LogP contribution in [0.5, 0.6) is 0 Å². The van der Waals surface area contributed by atoms with E-state index in [0.717, 1.165) is 22.2 Å². The Hall–Kier alpha value is -2.56. The zero-order chi connectivity index (χ0) is 14.8. The number of carbonyl (C=O) groups is 1. The summed E-state index contributed by atoms with van der Waals surface area (Å²) in [5.41, 5.74) is 3.57. The van der Waals surface area contributed by atoms with E-state index < -0.39 is 0 Å². The summed E-state index contributed by atoms with van der Waals surface area (Å²) >= 11 is 0. The third-order valence-corrected chi connectivity index (χ3v) is 3.32. The number of rotatable bonds is 3. The normalized spacial score (nSPS) is 10.7. The highest BCUT2D eigenvalue weighted by Crippen LogP contribution is 2.18. The molecular weight excluding hydrogens is 263 g/mol. The molecule has 0 radical (unpaired) electrons. The molecule has 4 nitrogen and oxygen atoms in total. The molecule has 0 aliphatic rings. The van der Waals surface area contributed by atoms with E-state index in [4.69, 9.17) is 4.74 Å². The highest BCUT2D eigenvalue weighted by Gasteiger charge is 2.08. The summed E-state index contributed by atoms with van der Waals surface area (Å²) in [5.74, 6) is -0.296. The number of carbonyl (C=O) groups excluding carboxylic acids is 1. The van der Waals surface area contributed by atoms with Crippen LogP contribution in [0.2, 0.25) is 0 Å². The first kappa shape index (κ1) is 13.4. The fourth-order valence-electron chi connectivity index (χ4n) is 2.31. The summed E-state index contributed by atoms with van der Waals surface area (Å²) in [6.07, 6.45) is 3.84. The third-order valence-electron chi connectivity index (χ3n) is 3.32. The number of hydrogen-bond acceptors (Lipinski definition) is 3. The monoisotopic (exact) mass is 278 g/mol. The Labute approximate surface area is 123 Å². The van der Waals surface area contributed by atoms with Crippen LogP contribution in [0.1, 0.15) is 17.3 Å². The first-order valence-electron chi connectivity index (χ1n) is 6.90. The summed E-state index contributed by atoms with van der Waals surface area (Å²) in [6.45, 7) is 2.18. The average Bonchev–Trinajstić information content (AvgIpc) is 2.90. The minimum Gasteiger partial charge on any atom is -0.462 e. The molecule has 5 heteroatoms. The maximum Gasteiger partial charge on any atom is 0.338 e. The molecule has 0 saturated carbocycles. The number of ether oxygens (including phenoxy) is 1. The Morgan fingerprint density at radius 2 is 2.05 bits per heavy atom. The summed E-state index contributed by atoms with van der Waals surface area (Å²) in [7, 11) is 2.03. The summed E-state index contributed by atoms with van der Waals surface area (Å²) in [4.78, 5) is 16.1. The van der Waals surface area contributed by atoms with Gasteiger partial charge in [0.15, 0.2) is 0 Å². The Balaban J connectivity index is 1.97. The van der Waals surface area contributed by atoms with Crippen LogP contribution in [0.3, 0.4) is 0 Å². The highest BCUT2D eigenvalue weighted by atomic mass is 16.5. The molecule has 21 heavy (non-hydrogen) atoms. The van der Waals surface area contributed by atoms with Gasteiger partial charge in [0, 0.05) is 23.5 Å². The van der Waals surface area contributed by atoms with E-state index in [0.29, 0.717) is 12.2 Å². The lowest BCUT2D eigenvalue weighted by molar-refractivity contribution is 0.0526. The predicted octanol–water partition coefficient (Wildman–Crippen LogP) is 1.46. The third kappa shape index (κ3) is 2.54. The van der Waals surface area contributed by atoms with E-state index in [9.17, 15) is 4.79 Å². The molecular formula is C16H15BN2O2. The van der Waals surface area contributed by atoms with Crippen LogP contribution in [-0.4, -0.2) is 30.0 Å². The Morgan fingerprint density at radius 1 is 1.29 bits per heavy atom. The second kappa shape index (κ2) is 5.44. The predicted molar refractivity (Wildman–Crippen MR) is 85.2 cm³/mol. The van der Waals surface area contributed by atoms with E-state index in [1.807, 2.05) is 43.0 Å². The maximum absolute atomic E-state index is 11.7. The molecule has 0 bridgehead atoms. The SMILES string of the molecule is Bc1cnc2c(ccn2-c2ccc(C(=O)OCC)cc2)c1. The summed E-state index contributed by atoms with van der Waals surface area (Å²) < 4.78 is 6.99. The first-order chi connectivity index (χ1) is 10.2. The summed E-state index contributed by atoms with van der Waals surface area (Å²) in [5, 5.41) is 1.10. The number of fused-ring (bicyclic) bond motifs is 1. The van der Waals surface area contributed by atoms with Crippen LogP contribution in [0.15, 0.2) is 48.8 Å². The second-order valence-corrected chi connectivity index (χ2v) is 4.88. The van der Waals surface area contributed by atoms with Crippen molar-refractivity contribution >= 4 is 30.3 Å². The minimum absolute atomic E-state index is 0.296. The van der Waals surface area contributed by atoms with Crippen molar-refractivity contribution in [1.29, 1.82) is 0 Å². The molecule has 0 atom stereocenters. The van der Waals surface area contributed by atoms with Crippen LogP contribution in [0, 0.1) is 0 Å². The van der Waals surface area contributed by atoms with Crippen molar-refractivity contribution < 1.29 is 9.53 Å². The smallest absolute Gasteiger partial charge is 0.338 e. The molecule has 0 unspecified atom stereocenters. The second-order valence-electron chi connectivity index (χ2n) is 4.88. The quantitative estimate of drug-likeness (QED) is 0.538. The zero-order valence-electron chi connectivity index (χ0n) is 12.0. The van der Waals surface area contributed by atoms with Gasteiger partial charge in [-0.15, -0.1) is 0 Å². The topological polar surface area (TPSA) is 44.1 Å². The lowest BCUT2D eigenvalue weighted by Crippen LogP contribution is -2.05. The van der Waals surface area contributed by atoms with E-state index >= 15 is 0 Å². The van der Waals surface area contributed by atoms with E-state index in [1.54, 1.807) is 19.1 Å². The van der Waals surface area contributed by atoms with Gasteiger partial charge in [-0.1, -0.05) is 11.5 Å². The molecule has 0 fully saturated rings. The van der Waals surface area contributed by atoms with Crippen molar-refractivity contribution in [3.63, 3.8) is 0 Å². The molecule has 0 saturated heterocycles. The molecule has 3 rings (SSSR count). The van der Waals surface area contributed by atoms with E-state index in [2.05, 4.69) is 11.1 Å². The molecule has 0 N–H and O–H groups in total. The number of hydrogen-bond donors (Lipinski definition) is 0. The number of aromatic nitrogens is 2. The largest absolute Gasteiger partial charge is 0.462 e. The lowest BCUT2D eigenvalue weighted by atomic mass is 9.98. The van der Waals surface area contributed by atoms with Gasteiger partial charge in [0.05, 0.1) is 12.2 Å². The van der Waals surface area contributed by atoms with Crippen molar-refractivity contribution in [3.05, 3.63) is 54.4 Å². The average molecular weight is 278 g/mol. The maximum atomic E-state index is 11.7. The van der Waals surface area contributed by atoms with Gasteiger partial charge >= 0.3 is 5.97 Å². The fourth-order valence-corrected chi connectivity index (χ4v) is 2.31. The van der Waals surface area contributed by atoms with E-state index in [-0.39, 0.29) is 5.97 Å². The van der Waals surface area contributed by atoms with Gasteiger partial charge in [-0.2, -0.15) is 0 Å². The van der Waals surface area contributed by atoms with Crippen LogP contribution >= 0.6 is 0 Å². The molecule has 104 valence electrons. The van der Waals surface area contributed by atoms with Crippen molar-refractivity contribution in [1.82, 2.24) is 9.55 Å². The van der Waals surface area contributed by atoms with Crippen LogP contribution < -0.4 is 5.46 Å².